The van der Waals surface area contributed by atoms with Crippen LogP contribution in [0.2, 0.25) is 0 Å². The van der Waals surface area contributed by atoms with Crippen molar-refractivity contribution in [3.05, 3.63) is 65.5 Å². The Bertz CT molecular complexity index is 656. The van der Waals surface area contributed by atoms with Crippen molar-refractivity contribution in [3.63, 3.8) is 0 Å². The third-order valence-electron chi connectivity index (χ3n) is 4.14. The van der Waals surface area contributed by atoms with Gasteiger partial charge in [0.1, 0.15) is 0 Å². The summed E-state index contributed by atoms with van der Waals surface area (Å²) in [6.07, 6.45) is 1.80. The Balaban J connectivity index is 0.00000338. The fourth-order valence-electron chi connectivity index (χ4n) is 2.63. The molecule has 2 N–H and O–H groups in total. The number of aromatic nitrogens is 1. The average molecular weight is 467 g/mol. The van der Waals surface area contributed by atoms with Crippen LogP contribution in [0.1, 0.15) is 30.7 Å². The molecule has 142 valence electrons. The van der Waals surface area contributed by atoms with E-state index in [1.165, 1.54) is 11.1 Å². The maximum Gasteiger partial charge on any atom is 0.191 e. The van der Waals surface area contributed by atoms with Crippen molar-refractivity contribution >= 4 is 29.9 Å². The largest absolute Gasteiger partial charge is 0.352 e. The molecule has 1 aromatic heterocycles. The summed E-state index contributed by atoms with van der Waals surface area (Å²) in [6, 6.07) is 14.6. The number of hydrogen-bond acceptors (Lipinski definition) is 3. The highest BCUT2D eigenvalue weighted by atomic mass is 127. The van der Waals surface area contributed by atoms with Gasteiger partial charge in [0, 0.05) is 26.3 Å². The smallest absolute Gasteiger partial charge is 0.191 e. The van der Waals surface area contributed by atoms with E-state index < -0.39 is 0 Å². The van der Waals surface area contributed by atoms with Crippen LogP contribution in [0.5, 0.6) is 0 Å². The van der Waals surface area contributed by atoms with E-state index in [0.717, 1.165) is 37.8 Å². The van der Waals surface area contributed by atoms with Gasteiger partial charge in [-0.25, -0.2) is 0 Å². The summed E-state index contributed by atoms with van der Waals surface area (Å²) in [4.78, 5) is 11.0. The monoisotopic (exact) mass is 467 g/mol. The highest BCUT2D eigenvalue weighted by molar-refractivity contribution is 14.0. The molecule has 0 bridgehead atoms. The van der Waals surface area contributed by atoms with E-state index in [0.29, 0.717) is 6.54 Å². The van der Waals surface area contributed by atoms with Gasteiger partial charge in [-0.2, -0.15) is 0 Å². The van der Waals surface area contributed by atoms with E-state index in [9.17, 15) is 0 Å². The minimum atomic E-state index is 0. The lowest BCUT2D eigenvalue weighted by Gasteiger charge is -2.18. The Morgan fingerprint density at radius 1 is 1.00 bits per heavy atom. The van der Waals surface area contributed by atoms with E-state index in [4.69, 9.17) is 0 Å². The van der Waals surface area contributed by atoms with Crippen LogP contribution in [0.15, 0.2) is 53.7 Å². The highest BCUT2D eigenvalue weighted by Crippen LogP contribution is 2.08. The number of nitrogens with zero attached hydrogens (tertiary/aromatic N) is 3. The van der Waals surface area contributed by atoms with Crippen molar-refractivity contribution < 1.29 is 0 Å². The molecular weight excluding hydrogens is 437 g/mol. The fraction of sp³-hybridized carbons (Fsp3) is 0.400. The Labute approximate surface area is 174 Å². The normalized spacial score (nSPS) is 11.2. The lowest BCUT2D eigenvalue weighted by molar-refractivity contribution is 0.296. The van der Waals surface area contributed by atoms with Crippen molar-refractivity contribution in [2.75, 3.05) is 20.1 Å². The third kappa shape index (κ3) is 7.70. The van der Waals surface area contributed by atoms with Gasteiger partial charge in [-0.1, -0.05) is 44.2 Å². The maximum atomic E-state index is 4.31. The quantitative estimate of drug-likeness (QED) is 0.355. The topological polar surface area (TPSA) is 52.5 Å². The Morgan fingerprint density at radius 2 is 1.73 bits per heavy atom. The van der Waals surface area contributed by atoms with Crippen molar-refractivity contribution in [1.82, 2.24) is 20.5 Å². The van der Waals surface area contributed by atoms with Gasteiger partial charge in [0.15, 0.2) is 5.96 Å². The molecule has 0 spiro atoms. The zero-order chi connectivity index (χ0) is 17.9. The number of rotatable bonds is 8. The van der Waals surface area contributed by atoms with Gasteiger partial charge in [0.05, 0.1) is 12.2 Å². The molecule has 0 fully saturated rings. The molecule has 0 aliphatic rings. The van der Waals surface area contributed by atoms with Gasteiger partial charge in [0.2, 0.25) is 0 Å². The average Bonchev–Trinajstić information content (AvgIpc) is 2.67. The number of benzene rings is 1. The predicted molar refractivity (Wildman–Crippen MR) is 120 cm³/mol. The lowest BCUT2D eigenvalue weighted by Crippen LogP contribution is -2.36. The molecule has 6 heteroatoms. The Morgan fingerprint density at radius 3 is 2.38 bits per heavy atom. The van der Waals surface area contributed by atoms with Gasteiger partial charge in [0.25, 0.3) is 0 Å². The molecule has 0 saturated carbocycles. The van der Waals surface area contributed by atoms with Gasteiger partial charge in [-0.15, -0.1) is 24.0 Å². The summed E-state index contributed by atoms with van der Waals surface area (Å²) in [5.41, 5.74) is 3.59. The fourth-order valence-corrected chi connectivity index (χ4v) is 2.63. The molecule has 0 amide bonds. The van der Waals surface area contributed by atoms with Gasteiger partial charge < -0.3 is 10.6 Å². The van der Waals surface area contributed by atoms with Crippen LogP contribution >= 0.6 is 24.0 Å². The summed E-state index contributed by atoms with van der Waals surface area (Å²) in [6.45, 7) is 8.94. The summed E-state index contributed by atoms with van der Waals surface area (Å²) in [5.74, 6) is 0.778. The van der Waals surface area contributed by atoms with Crippen LogP contribution < -0.4 is 10.6 Å². The van der Waals surface area contributed by atoms with E-state index >= 15 is 0 Å². The van der Waals surface area contributed by atoms with Gasteiger partial charge in [-0.05, 0) is 36.3 Å². The Kier molecular flexibility index (Phi) is 10.9. The first-order valence-corrected chi connectivity index (χ1v) is 8.89. The third-order valence-corrected chi connectivity index (χ3v) is 4.14. The van der Waals surface area contributed by atoms with E-state index in [-0.39, 0.29) is 24.0 Å². The van der Waals surface area contributed by atoms with Crippen molar-refractivity contribution in [2.24, 2.45) is 4.99 Å². The molecule has 2 aromatic rings. The van der Waals surface area contributed by atoms with E-state index in [1.807, 2.05) is 18.2 Å². The highest BCUT2D eigenvalue weighted by Gasteiger charge is 2.03. The van der Waals surface area contributed by atoms with Crippen LogP contribution in [-0.4, -0.2) is 36.0 Å². The molecule has 0 aliphatic heterocycles. The molecule has 2 rings (SSSR count). The SMILES string of the molecule is CCN(CC)Cc1cccc(CNC(=NC)NCc2ccccn2)c1.I. The second-order valence-electron chi connectivity index (χ2n) is 5.88. The molecule has 26 heavy (non-hydrogen) atoms. The first-order chi connectivity index (χ1) is 12.2. The van der Waals surface area contributed by atoms with Crippen molar-refractivity contribution in [2.45, 2.75) is 33.5 Å². The van der Waals surface area contributed by atoms with Gasteiger partial charge in [-0.3, -0.25) is 14.9 Å². The number of halogens is 1. The second kappa shape index (κ2) is 12.6. The van der Waals surface area contributed by atoms with Crippen LogP contribution in [0.4, 0.5) is 0 Å². The predicted octanol–water partition coefficient (Wildman–Crippen LogP) is 3.41. The van der Waals surface area contributed by atoms with Crippen LogP contribution in [0, 0.1) is 0 Å². The van der Waals surface area contributed by atoms with Crippen LogP contribution in [0.3, 0.4) is 0 Å². The molecule has 0 saturated heterocycles. The standard InChI is InChI=1S/C20H29N5.HI/c1-4-25(5-2)16-18-10-8-9-17(13-18)14-23-20(21-3)24-15-19-11-6-7-12-22-19;/h6-13H,4-5,14-16H2,1-3H3,(H2,21,23,24);1H. The van der Waals surface area contributed by atoms with Crippen LogP contribution in [-0.2, 0) is 19.6 Å². The molecule has 0 unspecified atom stereocenters. The molecule has 1 heterocycles. The maximum absolute atomic E-state index is 4.31. The zero-order valence-electron chi connectivity index (χ0n) is 15.9. The minimum Gasteiger partial charge on any atom is -0.352 e. The molecule has 1 aromatic carbocycles. The van der Waals surface area contributed by atoms with Crippen molar-refractivity contribution in [3.8, 4) is 0 Å². The zero-order valence-corrected chi connectivity index (χ0v) is 18.2. The Hall–Kier alpha value is -1.67. The van der Waals surface area contributed by atoms with Gasteiger partial charge >= 0.3 is 0 Å². The number of guanidine groups is 1. The molecule has 0 radical (unpaired) electrons. The summed E-state index contributed by atoms with van der Waals surface area (Å²) in [5, 5.41) is 6.65. The van der Waals surface area contributed by atoms with Crippen molar-refractivity contribution in [1.29, 1.82) is 0 Å². The number of nitrogens with one attached hydrogen (secondary N) is 2. The number of pyridine rings is 1. The number of hydrogen-bond donors (Lipinski definition) is 2. The summed E-state index contributed by atoms with van der Waals surface area (Å²) < 4.78 is 0. The molecular formula is C20H30IN5. The molecule has 5 nitrogen and oxygen atoms in total. The summed E-state index contributed by atoms with van der Waals surface area (Å²) >= 11 is 0. The first kappa shape index (κ1) is 22.4. The van der Waals surface area contributed by atoms with E-state index in [2.05, 4.69) is 63.6 Å². The summed E-state index contributed by atoms with van der Waals surface area (Å²) in [7, 11) is 1.78. The lowest BCUT2D eigenvalue weighted by atomic mass is 10.1. The minimum absolute atomic E-state index is 0. The van der Waals surface area contributed by atoms with Crippen LogP contribution in [0.25, 0.3) is 0 Å². The van der Waals surface area contributed by atoms with E-state index in [1.54, 1.807) is 13.2 Å². The second-order valence-corrected chi connectivity index (χ2v) is 5.88. The number of aliphatic imine (C=N–C) groups is 1. The molecule has 0 atom stereocenters. The first-order valence-electron chi connectivity index (χ1n) is 8.89. The molecule has 0 aliphatic carbocycles.